The van der Waals surface area contributed by atoms with E-state index in [-0.39, 0.29) is 6.03 Å². The van der Waals surface area contributed by atoms with Crippen LogP contribution in [0.25, 0.3) is 10.8 Å². The largest absolute Gasteiger partial charge is 0.331 e. The summed E-state index contributed by atoms with van der Waals surface area (Å²) in [6.07, 6.45) is 2.48. The predicted octanol–water partition coefficient (Wildman–Crippen LogP) is 3.99. The Morgan fingerprint density at radius 2 is 1.95 bits per heavy atom. The molecule has 0 radical (unpaired) electrons. The zero-order valence-corrected chi connectivity index (χ0v) is 12.1. The number of nitrogens with one attached hydrogen (secondary N) is 1. The lowest BCUT2D eigenvalue weighted by molar-refractivity contribution is 0.253. The molecule has 0 saturated heterocycles. The molecule has 0 aliphatic rings. The van der Waals surface area contributed by atoms with E-state index < -0.39 is 0 Å². The molecule has 4 nitrogen and oxygen atoms in total. The molecule has 0 spiro atoms. The van der Waals surface area contributed by atoms with Crippen molar-refractivity contribution in [3.63, 3.8) is 0 Å². The third-order valence-electron chi connectivity index (χ3n) is 3.47. The van der Waals surface area contributed by atoms with Gasteiger partial charge in [-0.15, -0.1) is 0 Å². The van der Waals surface area contributed by atoms with Gasteiger partial charge < -0.3 is 5.32 Å². The lowest BCUT2D eigenvalue weighted by atomic mass is 10.1. The van der Waals surface area contributed by atoms with Gasteiger partial charge in [0.15, 0.2) is 0 Å². The van der Waals surface area contributed by atoms with Gasteiger partial charge in [-0.2, -0.15) is 0 Å². The van der Waals surface area contributed by atoms with Crippen LogP contribution in [-0.4, -0.2) is 15.6 Å². The van der Waals surface area contributed by atoms with E-state index in [1.165, 1.54) is 0 Å². The maximum atomic E-state index is 12.5. The summed E-state index contributed by atoms with van der Waals surface area (Å²) in [6, 6.07) is 13.7. The number of nitrogens with zero attached hydrogens (tertiary/aromatic N) is 2. The van der Waals surface area contributed by atoms with Gasteiger partial charge in [-0.25, -0.2) is 9.78 Å². The number of carbonyl (C=O) groups excluding carboxylic acids is 1. The Balaban J connectivity index is 1.96. The highest BCUT2D eigenvalue weighted by Crippen LogP contribution is 2.23. The van der Waals surface area contributed by atoms with Gasteiger partial charge in [0.2, 0.25) is 0 Å². The topological polar surface area (TPSA) is 46.9 Å². The molecule has 0 saturated carbocycles. The van der Waals surface area contributed by atoms with E-state index in [0.29, 0.717) is 0 Å². The van der Waals surface area contributed by atoms with Gasteiger partial charge in [0.25, 0.3) is 0 Å². The standard InChI is InChI=1S/C17H17N3O/c1-3-16-18-12(2)11-20(16)17(21)19-15-10-6-8-13-7-4-5-9-14(13)15/h4-11H,3H2,1-2H3,(H,19,21). The van der Waals surface area contributed by atoms with Gasteiger partial charge in [0.05, 0.1) is 11.4 Å². The van der Waals surface area contributed by atoms with E-state index in [1.807, 2.05) is 56.3 Å². The first-order chi connectivity index (χ1) is 10.2. The number of carbonyl (C=O) groups is 1. The second-order valence-corrected chi connectivity index (χ2v) is 4.98. The molecule has 0 bridgehead atoms. The summed E-state index contributed by atoms with van der Waals surface area (Å²) >= 11 is 0. The first-order valence-corrected chi connectivity index (χ1v) is 7.03. The van der Waals surface area contributed by atoms with Crippen LogP contribution in [-0.2, 0) is 6.42 Å². The van der Waals surface area contributed by atoms with Gasteiger partial charge in [-0.05, 0) is 18.4 Å². The molecule has 106 valence electrons. The lowest BCUT2D eigenvalue weighted by Crippen LogP contribution is -2.20. The lowest BCUT2D eigenvalue weighted by Gasteiger charge is -2.10. The van der Waals surface area contributed by atoms with E-state index in [1.54, 1.807) is 10.8 Å². The van der Waals surface area contributed by atoms with Crippen molar-refractivity contribution in [2.75, 3.05) is 5.32 Å². The molecule has 21 heavy (non-hydrogen) atoms. The van der Waals surface area contributed by atoms with Crippen molar-refractivity contribution >= 4 is 22.5 Å². The minimum Gasteiger partial charge on any atom is -0.307 e. The Hall–Kier alpha value is -2.62. The van der Waals surface area contributed by atoms with Gasteiger partial charge in [-0.3, -0.25) is 4.57 Å². The van der Waals surface area contributed by atoms with Crippen LogP contribution in [0.2, 0.25) is 0 Å². The summed E-state index contributed by atoms with van der Waals surface area (Å²) in [5.74, 6) is 0.769. The van der Waals surface area contributed by atoms with Crippen LogP contribution < -0.4 is 5.32 Å². The summed E-state index contributed by atoms with van der Waals surface area (Å²) < 4.78 is 1.58. The molecule has 0 aliphatic heterocycles. The van der Waals surface area contributed by atoms with Gasteiger partial charge >= 0.3 is 6.03 Å². The van der Waals surface area contributed by atoms with Crippen LogP contribution in [0.5, 0.6) is 0 Å². The number of hydrogen-bond acceptors (Lipinski definition) is 2. The zero-order valence-electron chi connectivity index (χ0n) is 12.1. The summed E-state index contributed by atoms with van der Waals surface area (Å²) in [6.45, 7) is 3.88. The first-order valence-electron chi connectivity index (χ1n) is 7.03. The van der Waals surface area contributed by atoms with Crippen molar-refractivity contribution in [2.45, 2.75) is 20.3 Å². The van der Waals surface area contributed by atoms with Crippen molar-refractivity contribution in [3.05, 3.63) is 60.2 Å². The zero-order chi connectivity index (χ0) is 14.8. The molecule has 0 fully saturated rings. The number of rotatable bonds is 2. The van der Waals surface area contributed by atoms with Crippen LogP contribution >= 0.6 is 0 Å². The second kappa shape index (κ2) is 5.40. The van der Waals surface area contributed by atoms with E-state index >= 15 is 0 Å². The fourth-order valence-electron chi connectivity index (χ4n) is 2.48. The Morgan fingerprint density at radius 1 is 1.19 bits per heavy atom. The Labute approximate surface area is 123 Å². The van der Waals surface area contributed by atoms with E-state index in [9.17, 15) is 4.79 Å². The number of hydrogen-bond donors (Lipinski definition) is 1. The third kappa shape index (κ3) is 2.52. The molecule has 0 atom stereocenters. The third-order valence-corrected chi connectivity index (χ3v) is 3.47. The van der Waals surface area contributed by atoms with E-state index in [2.05, 4.69) is 10.3 Å². The molecule has 0 aliphatic carbocycles. The first kappa shape index (κ1) is 13.4. The maximum absolute atomic E-state index is 12.5. The molecule has 3 rings (SSSR count). The maximum Gasteiger partial charge on any atom is 0.331 e. The van der Waals surface area contributed by atoms with Gasteiger partial charge in [0.1, 0.15) is 5.82 Å². The predicted molar refractivity (Wildman–Crippen MR) is 84.7 cm³/mol. The molecular formula is C17H17N3O. The van der Waals surface area contributed by atoms with E-state index in [0.717, 1.165) is 34.4 Å². The number of fused-ring (bicyclic) bond motifs is 1. The number of aromatic nitrogens is 2. The normalized spacial score (nSPS) is 10.8. The SMILES string of the molecule is CCc1nc(C)cn1C(=O)Nc1cccc2ccccc12. The average Bonchev–Trinajstić information content (AvgIpc) is 2.89. The highest BCUT2D eigenvalue weighted by Gasteiger charge is 2.12. The van der Waals surface area contributed by atoms with Crippen LogP contribution in [0.1, 0.15) is 18.4 Å². The van der Waals surface area contributed by atoms with Crippen molar-refractivity contribution in [3.8, 4) is 0 Å². The number of benzene rings is 2. The Bertz CT molecular complexity index is 799. The number of anilines is 1. The van der Waals surface area contributed by atoms with Crippen LogP contribution in [0.3, 0.4) is 0 Å². The van der Waals surface area contributed by atoms with Gasteiger partial charge in [-0.1, -0.05) is 43.3 Å². The summed E-state index contributed by atoms with van der Waals surface area (Å²) in [5, 5.41) is 5.11. The second-order valence-electron chi connectivity index (χ2n) is 4.98. The molecule has 1 heterocycles. The molecule has 0 unspecified atom stereocenters. The Kier molecular flexibility index (Phi) is 3.44. The van der Waals surface area contributed by atoms with Crippen molar-refractivity contribution in [1.29, 1.82) is 0 Å². The fraction of sp³-hybridized carbons (Fsp3) is 0.176. The summed E-state index contributed by atoms with van der Waals surface area (Å²) in [7, 11) is 0. The van der Waals surface area contributed by atoms with Crippen molar-refractivity contribution < 1.29 is 4.79 Å². The quantitative estimate of drug-likeness (QED) is 0.771. The fourth-order valence-corrected chi connectivity index (χ4v) is 2.48. The highest BCUT2D eigenvalue weighted by molar-refractivity contribution is 6.02. The monoisotopic (exact) mass is 279 g/mol. The van der Waals surface area contributed by atoms with Crippen LogP contribution in [0.15, 0.2) is 48.7 Å². The van der Waals surface area contributed by atoms with E-state index in [4.69, 9.17) is 0 Å². The minimum absolute atomic E-state index is 0.177. The molecule has 3 aromatic rings. The minimum atomic E-state index is -0.177. The molecule has 1 amide bonds. The molecule has 4 heteroatoms. The molecule has 1 aromatic heterocycles. The average molecular weight is 279 g/mol. The Morgan fingerprint density at radius 3 is 2.76 bits per heavy atom. The number of imidazole rings is 1. The van der Waals surface area contributed by atoms with Crippen molar-refractivity contribution in [2.24, 2.45) is 0 Å². The van der Waals surface area contributed by atoms with Gasteiger partial charge in [0, 0.05) is 18.0 Å². The van der Waals surface area contributed by atoms with Crippen LogP contribution in [0.4, 0.5) is 10.5 Å². The smallest absolute Gasteiger partial charge is 0.307 e. The summed E-state index contributed by atoms with van der Waals surface area (Å²) in [5.41, 5.74) is 1.66. The molecule has 2 aromatic carbocycles. The molecular weight excluding hydrogens is 262 g/mol. The number of aryl methyl sites for hydroxylation is 2. The molecule has 1 N–H and O–H groups in total. The summed E-state index contributed by atoms with van der Waals surface area (Å²) in [4.78, 5) is 16.8. The van der Waals surface area contributed by atoms with Crippen LogP contribution in [0, 0.1) is 6.92 Å². The number of amides is 1. The highest BCUT2D eigenvalue weighted by atomic mass is 16.2. The van der Waals surface area contributed by atoms with Crippen molar-refractivity contribution in [1.82, 2.24) is 9.55 Å².